The van der Waals surface area contributed by atoms with E-state index in [0.29, 0.717) is 12.3 Å². The van der Waals surface area contributed by atoms with Crippen molar-refractivity contribution in [3.8, 4) is 0 Å². The fraction of sp³-hybridized carbons (Fsp3) is 0.714. The van der Waals surface area contributed by atoms with Gasteiger partial charge >= 0.3 is 0 Å². The first-order chi connectivity index (χ1) is 4.58. The van der Waals surface area contributed by atoms with E-state index in [1.54, 1.807) is 6.08 Å². The maximum absolute atomic E-state index is 9.39. The van der Waals surface area contributed by atoms with Crippen molar-refractivity contribution in [1.29, 1.82) is 0 Å². The lowest BCUT2D eigenvalue weighted by molar-refractivity contribution is 0.154. The van der Waals surface area contributed by atoms with Gasteiger partial charge in [0.15, 0.2) is 0 Å². The zero-order valence-electron chi connectivity index (χ0n) is 5.56. The highest BCUT2D eigenvalue weighted by Crippen LogP contribution is 2.58. The molecular weight excluding hydrogens is 260 g/mol. The molecule has 58 valence electrons. The fourth-order valence-electron chi connectivity index (χ4n) is 0.987. The average molecular weight is 270 g/mol. The molecule has 0 spiro atoms. The monoisotopic (exact) mass is 268 g/mol. The van der Waals surface area contributed by atoms with Gasteiger partial charge in [-0.1, -0.05) is 37.9 Å². The lowest BCUT2D eigenvalue weighted by Gasteiger charge is -2.06. The molecule has 0 aromatic rings. The minimum absolute atomic E-state index is 0.0163. The molecule has 0 saturated heterocycles. The van der Waals surface area contributed by atoms with Gasteiger partial charge in [0, 0.05) is 5.92 Å². The molecule has 1 aliphatic carbocycles. The first-order valence-electron chi connectivity index (χ1n) is 3.24. The molecule has 1 rings (SSSR count). The lowest BCUT2D eigenvalue weighted by atomic mass is 10.2. The molecule has 0 aromatic heterocycles. The fourth-order valence-corrected chi connectivity index (χ4v) is 2.29. The summed E-state index contributed by atoms with van der Waals surface area (Å²) in [5, 5.41) is 9.39. The second-order valence-electron chi connectivity index (χ2n) is 2.66. The van der Waals surface area contributed by atoms with Gasteiger partial charge in [-0.15, -0.1) is 6.58 Å². The first kappa shape index (κ1) is 8.75. The number of aliphatic hydroxyl groups excluding tert-OH is 1. The Labute approximate surface area is 77.8 Å². The maximum atomic E-state index is 9.39. The summed E-state index contributed by atoms with van der Waals surface area (Å²) in [6.45, 7) is 3.57. The largest absolute Gasteiger partial charge is 0.392 e. The molecule has 0 heterocycles. The molecule has 1 fully saturated rings. The van der Waals surface area contributed by atoms with Crippen molar-refractivity contribution in [1.82, 2.24) is 0 Å². The Balaban J connectivity index is 2.32. The van der Waals surface area contributed by atoms with Crippen LogP contribution in [0.25, 0.3) is 0 Å². The third kappa shape index (κ3) is 1.83. The summed E-state index contributed by atoms with van der Waals surface area (Å²) in [7, 11) is 0. The summed E-state index contributed by atoms with van der Waals surface area (Å²) >= 11 is 6.89. The molecule has 0 radical (unpaired) electrons. The van der Waals surface area contributed by atoms with Gasteiger partial charge in [-0.3, -0.25) is 0 Å². The first-order valence-corrected chi connectivity index (χ1v) is 4.83. The van der Waals surface area contributed by atoms with Gasteiger partial charge < -0.3 is 5.11 Å². The highest BCUT2D eigenvalue weighted by molar-refractivity contribution is 9.25. The van der Waals surface area contributed by atoms with Gasteiger partial charge in [0.25, 0.3) is 0 Å². The van der Waals surface area contributed by atoms with Gasteiger partial charge in [-0.25, -0.2) is 0 Å². The van der Waals surface area contributed by atoms with E-state index in [-0.39, 0.29) is 9.34 Å². The minimum Gasteiger partial charge on any atom is -0.392 e. The Kier molecular flexibility index (Phi) is 2.59. The van der Waals surface area contributed by atoms with Crippen LogP contribution in [-0.4, -0.2) is 14.4 Å². The van der Waals surface area contributed by atoms with Crippen LogP contribution in [0.15, 0.2) is 12.7 Å². The Morgan fingerprint density at radius 2 is 2.30 bits per heavy atom. The third-order valence-electron chi connectivity index (χ3n) is 1.75. The molecule has 1 aliphatic rings. The maximum Gasteiger partial charge on any atom is 0.0863 e. The molecule has 10 heavy (non-hydrogen) atoms. The van der Waals surface area contributed by atoms with E-state index in [0.717, 1.165) is 6.42 Å². The predicted octanol–water partition coefficient (Wildman–Crippen LogP) is 2.43. The lowest BCUT2D eigenvalue weighted by Crippen LogP contribution is -2.11. The Bertz CT molecular complexity index is 145. The summed E-state index contributed by atoms with van der Waals surface area (Å²) in [4.78, 5) is 0. The van der Waals surface area contributed by atoms with Crippen LogP contribution in [0.3, 0.4) is 0 Å². The molecule has 1 saturated carbocycles. The number of rotatable bonds is 3. The van der Waals surface area contributed by atoms with E-state index < -0.39 is 0 Å². The van der Waals surface area contributed by atoms with Crippen LogP contribution in [0.4, 0.5) is 0 Å². The molecule has 2 unspecified atom stereocenters. The van der Waals surface area contributed by atoms with E-state index in [2.05, 4.69) is 38.4 Å². The van der Waals surface area contributed by atoms with Crippen LogP contribution in [-0.2, 0) is 0 Å². The molecule has 0 bridgehead atoms. The summed E-state index contributed by atoms with van der Waals surface area (Å²) < 4.78 is 0.0163. The van der Waals surface area contributed by atoms with Crippen molar-refractivity contribution in [3.63, 3.8) is 0 Å². The van der Waals surface area contributed by atoms with E-state index >= 15 is 0 Å². The van der Waals surface area contributed by atoms with Crippen molar-refractivity contribution in [2.24, 2.45) is 5.92 Å². The molecule has 0 aromatic carbocycles. The van der Waals surface area contributed by atoms with Gasteiger partial charge in [0.1, 0.15) is 0 Å². The van der Waals surface area contributed by atoms with Crippen molar-refractivity contribution >= 4 is 31.9 Å². The van der Waals surface area contributed by atoms with Crippen LogP contribution < -0.4 is 0 Å². The highest BCUT2D eigenvalue weighted by Gasteiger charge is 2.53. The van der Waals surface area contributed by atoms with Crippen molar-refractivity contribution in [3.05, 3.63) is 12.7 Å². The molecular formula is C7H10Br2O. The van der Waals surface area contributed by atoms with Gasteiger partial charge in [-0.2, -0.15) is 0 Å². The second kappa shape index (κ2) is 2.95. The zero-order valence-corrected chi connectivity index (χ0v) is 8.73. The number of alkyl halides is 2. The van der Waals surface area contributed by atoms with E-state index in [4.69, 9.17) is 0 Å². The Morgan fingerprint density at radius 3 is 2.60 bits per heavy atom. The van der Waals surface area contributed by atoms with Crippen LogP contribution >= 0.6 is 31.9 Å². The Morgan fingerprint density at radius 1 is 1.80 bits per heavy atom. The van der Waals surface area contributed by atoms with Gasteiger partial charge in [-0.05, 0) is 12.8 Å². The van der Waals surface area contributed by atoms with Crippen molar-refractivity contribution in [2.45, 2.75) is 22.2 Å². The summed E-state index contributed by atoms with van der Waals surface area (Å²) in [6, 6.07) is 0. The highest BCUT2D eigenvalue weighted by atomic mass is 79.9. The topological polar surface area (TPSA) is 20.2 Å². The SMILES string of the molecule is C=CCC(O)C1CC1(Br)Br. The normalized spacial score (nSPS) is 31.3. The number of hydrogen-bond acceptors (Lipinski definition) is 1. The van der Waals surface area contributed by atoms with Crippen LogP contribution in [0.1, 0.15) is 12.8 Å². The molecule has 0 aliphatic heterocycles. The van der Waals surface area contributed by atoms with Gasteiger partial charge in [0.2, 0.25) is 0 Å². The molecule has 1 nitrogen and oxygen atoms in total. The zero-order chi connectivity index (χ0) is 7.78. The van der Waals surface area contributed by atoms with E-state index in [1.807, 2.05) is 0 Å². The van der Waals surface area contributed by atoms with Crippen LogP contribution in [0.5, 0.6) is 0 Å². The number of hydrogen-bond donors (Lipinski definition) is 1. The predicted molar refractivity (Wildman–Crippen MR) is 49.5 cm³/mol. The quantitative estimate of drug-likeness (QED) is 0.616. The molecule has 1 N–H and O–H groups in total. The van der Waals surface area contributed by atoms with Crippen molar-refractivity contribution in [2.75, 3.05) is 0 Å². The minimum atomic E-state index is -0.240. The molecule has 3 heteroatoms. The van der Waals surface area contributed by atoms with E-state index in [9.17, 15) is 5.11 Å². The Hall–Kier alpha value is 0.660. The average Bonchev–Trinajstić information content (AvgIpc) is 2.41. The molecule has 0 amide bonds. The number of aliphatic hydroxyl groups is 1. The van der Waals surface area contributed by atoms with Gasteiger partial charge in [0.05, 0.1) is 9.34 Å². The van der Waals surface area contributed by atoms with Crippen molar-refractivity contribution < 1.29 is 5.11 Å². The second-order valence-corrected chi connectivity index (χ2v) is 6.56. The summed E-state index contributed by atoms with van der Waals surface area (Å²) in [6.07, 6.45) is 3.20. The number of halogens is 2. The summed E-state index contributed by atoms with van der Waals surface area (Å²) in [5.41, 5.74) is 0. The standard InChI is InChI=1S/C7H10Br2O/c1-2-3-6(10)5-4-7(5,8)9/h2,5-6,10H,1,3-4H2. The smallest absolute Gasteiger partial charge is 0.0863 e. The third-order valence-corrected chi connectivity index (χ3v) is 3.57. The molecule has 2 atom stereocenters. The van der Waals surface area contributed by atoms with E-state index in [1.165, 1.54) is 0 Å². The van der Waals surface area contributed by atoms with Crippen LogP contribution in [0.2, 0.25) is 0 Å². The van der Waals surface area contributed by atoms with Crippen LogP contribution in [0, 0.1) is 5.92 Å². The summed E-state index contributed by atoms with van der Waals surface area (Å²) in [5.74, 6) is 0.352.